The molecular formula is C7H9O-. The van der Waals surface area contributed by atoms with Gasteiger partial charge in [0.15, 0.2) is 0 Å². The number of hydrogen-bond acceptors (Lipinski definition) is 1. The molecule has 0 aromatic rings. The van der Waals surface area contributed by atoms with E-state index in [1.807, 2.05) is 0 Å². The van der Waals surface area contributed by atoms with Gasteiger partial charge in [0.2, 0.25) is 0 Å². The van der Waals surface area contributed by atoms with Crippen molar-refractivity contribution in [1.82, 2.24) is 0 Å². The Morgan fingerprint density at radius 3 is 2.00 bits per heavy atom. The highest BCUT2D eigenvalue weighted by Crippen LogP contribution is 2.71. The van der Waals surface area contributed by atoms with E-state index in [-0.39, 0.29) is 5.60 Å². The maximum atomic E-state index is 11.3. The van der Waals surface area contributed by atoms with Crippen LogP contribution in [0.5, 0.6) is 0 Å². The first-order valence-corrected chi connectivity index (χ1v) is 3.51. The summed E-state index contributed by atoms with van der Waals surface area (Å²) >= 11 is 0. The molecule has 8 heavy (non-hydrogen) atoms. The molecule has 2 atom stereocenters. The zero-order valence-corrected chi connectivity index (χ0v) is 4.76. The highest BCUT2D eigenvalue weighted by molar-refractivity contribution is 5.23. The molecule has 0 heterocycles. The fourth-order valence-corrected chi connectivity index (χ4v) is 3.04. The molecule has 1 heteroatoms. The molecule has 4 fully saturated rings. The van der Waals surface area contributed by atoms with Crippen LogP contribution < -0.4 is 5.11 Å². The monoisotopic (exact) mass is 109 g/mol. The summed E-state index contributed by atoms with van der Waals surface area (Å²) < 4.78 is 0. The highest BCUT2D eigenvalue weighted by atomic mass is 16.3. The van der Waals surface area contributed by atoms with Crippen LogP contribution in [-0.2, 0) is 0 Å². The zero-order valence-electron chi connectivity index (χ0n) is 4.76. The third-order valence-corrected chi connectivity index (χ3v) is 3.41. The van der Waals surface area contributed by atoms with Gasteiger partial charge in [0, 0.05) is 0 Å². The van der Waals surface area contributed by atoms with Gasteiger partial charge in [0.1, 0.15) is 0 Å². The van der Waals surface area contributed by atoms with Crippen molar-refractivity contribution in [2.45, 2.75) is 24.9 Å². The van der Waals surface area contributed by atoms with E-state index in [0.29, 0.717) is 11.8 Å². The van der Waals surface area contributed by atoms with Gasteiger partial charge >= 0.3 is 0 Å². The highest BCUT2D eigenvalue weighted by Gasteiger charge is 2.66. The first-order chi connectivity index (χ1) is 3.81. The minimum atomic E-state index is -0.356. The van der Waals surface area contributed by atoms with Crippen LogP contribution in [0.3, 0.4) is 0 Å². The van der Waals surface area contributed by atoms with Crippen LogP contribution in [0.2, 0.25) is 0 Å². The molecule has 0 spiro atoms. The third-order valence-electron chi connectivity index (χ3n) is 3.41. The summed E-state index contributed by atoms with van der Waals surface area (Å²) in [6.45, 7) is 0. The van der Waals surface area contributed by atoms with E-state index in [1.165, 1.54) is 12.8 Å². The smallest absolute Gasteiger partial charge is 0.0417 e. The molecule has 44 valence electrons. The Bertz CT molecular complexity index is 140. The first kappa shape index (κ1) is 3.89. The lowest BCUT2D eigenvalue weighted by Crippen LogP contribution is -2.27. The van der Waals surface area contributed by atoms with Crippen LogP contribution in [-0.4, -0.2) is 5.60 Å². The van der Waals surface area contributed by atoms with Gasteiger partial charge in [-0.15, -0.1) is 5.60 Å². The van der Waals surface area contributed by atoms with Gasteiger partial charge < -0.3 is 5.11 Å². The SMILES string of the molecule is [O-]C12CC3CC1C2C3. The molecule has 0 N–H and O–H groups in total. The summed E-state index contributed by atoms with van der Waals surface area (Å²) in [6.07, 6.45) is 3.60. The van der Waals surface area contributed by atoms with Crippen molar-refractivity contribution < 1.29 is 5.11 Å². The van der Waals surface area contributed by atoms with Crippen LogP contribution in [0, 0.1) is 17.8 Å². The van der Waals surface area contributed by atoms with E-state index < -0.39 is 0 Å². The average molecular weight is 109 g/mol. The molecule has 1 nitrogen and oxygen atoms in total. The summed E-state index contributed by atoms with van der Waals surface area (Å²) in [6, 6.07) is 0. The van der Waals surface area contributed by atoms with Crippen LogP contribution in [0.15, 0.2) is 0 Å². The Balaban J connectivity index is 2.16. The molecule has 0 amide bonds. The maximum Gasteiger partial charge on any atom is -0.0417 e. The molecule has 4 aliphatic carbocycles. The minimum Gasteiger partial charge on any atom is -0.849 e. The maximum absolute atomic E-state index is 11.3. The molecule has 0 radical (unpaired) electrons. The Labute approximate surface area is 48.7 Å². The van der Waals surface area contributed by atoms with Crippen molar-refractivity contribution in [3.63, 3.8) is 0 Å². The predicted molar refractivity (Wildman–Crippen MR) is 27.1 cm³/mol. The van der Waals surface area contributed by atoms with E-state index in [0.717, 1.165) is 12.3 Å². The van der Waals surface area contributed by atoms with E-state index in [2.05, 4.69) is 0 Å². The van der Waals surface area contributed by atoms with Crippen molar-refractivity contribution in [3.8, 4) is 0 Å². The second-order valence-corrected chi connectivity index (χ2v) is 3.71. The van der Waals surface area contributed by atoms with Gasteiger partial charge in [-0.3, -0.25) is 0 Å². The Kier molecular flexibility index (Phi) is 0.372. The standard InChI is InChI=1S/C7H9O/c8-7-3-4-1-5(7)6(7)2-4/h4-6H,1-3H2/q-1. The molecule has 0 aliphatic heterocycles. The number of hydrogen-bond donors (Lipinski definition) is 0. The third kappa shape index (κ3) is 0.202. The van der Waals surface area contributed by atoms with Crippen molar-refractivity contribution >= 4 is 0 Å². The minimum absolute atomic E-state index is 0.356. The summed E-state index contributed by atoms with van der Waals surface area (Å²) in [4.78, 5) is 0. The van der Waals surface area contributed by atoms with Gasteiger partial charge in [-0.2, -0.15) is 0 Å². The Morgan fingerprint density at radius 1 is 1.25 bits per heavy atom. The number of rotatable bonds is 0. The van der Waals surface area contributed by atoms with Crippen molar-refractivity contribution in [2.24, 2.45) is 17.8 Å². The van der Waals surface area contributed by atoms with Gasteiger partial charge in [0.05, 0.1) is 0 Å². The fraction of sp³-hybridized carbons (Fsp3) is 1.00. The first-order valence-electron chi connectivity index (χ1n) is 3.51. The lowest BCUT2D eigenvalue weighted by molar-refractivity contribution is -0.442. The second-order valence-electron chi connectivity index (χ2n) is 3.71. The van der Waals surface area contributed by atoms with Crippen molar-refractivity contribution in [1.29, 1.82) is 0 Å². The van der Waals surface area contributed by atoms with Crippen LogP contribution in [0.1, 0.15) is 19.3 Å². The largest absolute Gasteiger partial charge is 0.849 e. The van der Waals surface area contributed by atoms with Gasteiger partial charge in [-0.25, -0.2) is 0 Å². The summed E-state index contributed by atoms with van der Waals surface area (Å²) in [5, 5.41) is 11.3. The Morgan fingerprint density at radius 2 is 1.88 bits per heavy atom. The van der Waals surface area contributed by atoms with Crippen LogP contribution in [0.25, 0.3) is 0 Å². The second kappa shape index (κ2) is 0.766. The topological polar surface area (TPSA) is 23.1 Å². The molecule has 4 saturated carbocycles. The van der Waals surface area contributed by atoms with Gasteiger partial charge in [-0.05, 0) is 30.6 Å². The van der Waals surface area contributed by atoms with Crippen molar-refractivity contribution in [3.05, 3.63) is 0 Å². The molecule has 2 unspecified atom stereocenters. The average Bonchev–Trinajstić information content (AvgIpc) is 2.11. The van der Waals surface area contributed by atoms with E-state index in [9.17, 15) is 5.11 Å². The van der Waals surface area contributed by atoms with E-state index in [4.69, 9.17) is 0 Å². The van der Waals surface area contributed by atoms with E-state index >= 15 is 0 Å². The molecule has 0 aromatic carbocycles. The molecule has 0 aromatic heterocycles. The summed E-state index contributed by atoms with van der Waals surface area (Å²) in [7, 11) is 0. The lowest BCUT2D eigenvalue weighted by Gasteiger charge is -2.15. The molecule has 4 aliphatic rings. The molecule has 4 bridgehead atoms. The normalized spacial score (nSPS) is 73.9. The lowest BCUT2D eigenvalue weighted by atomic mass is 10.1. The van der Waals surface area contributed by atoms with Crippen molar-refractivity contribution in [2.75, 3.05) is 0 Å². The Hall–Kier alpha value is -0.0400. The fourth-order valence-electron chi connectivity index (χ4n) is 3.04. The van der Waals surface area contributed by atoms with Crippen LogP contribution >= 0.6 is 0 Å². The van der Waals surface area contributed by atoms with Crippen LogP contribution in [0.4, 0.5) is 0 Å². The molecular weight excluding hydrogens is 100 g/mol. The summed E-state index contributed by atoms with van der Waals surface area (Å²) in [5.41, 5.74) is -0.356. The van der Waals surface area contributed by atoms with Gasteiger partial charge in [-0.1, -0.05) is 6.42 Å². The summed E-state index contributed by atoms with van der Waals surface area (Å²) in [5.74, 6) is 2.16. The van der Waals surface area contributed by atoms with Gasteiger partial charge in [0.25, 0.3) is 0 Å². The predicted octanol–water partition coefficient (Wildman–Crippen LogP) is 0.145. The molecule has 0 saturated heterocycles. The van der Waals surface area contributed by atoms with E-state index in [1.54, 1.807) is 0 Å². The zero-order chi connectivity index (χ0) is 5.35. The molecule has 4 rings (SSSR count). The quantitative estimate of drug-likeness (QED) is 0.434.